The monoisotopic (exact) mass is 739 g/mol. The first-order chi connectivity index (χ1) is 24.8. The minimum Gasteiger partial charge on any atom is -0.462 e. The Balaban J connectivity index is 2.34. The van der Waals surface area contributed by atoms with Gasteiger partial charge in [0.2, 0.25) is 0 Å². The summed E-state index contributed by atoms with van der Waals surface area (Å²) in [6.45, 7) is 5.72. The topological polar surface area (TPSA) is 108 Å². The summed E-state index contributed by atoms with van der Waals surface area (Å²) in [6, 6.07) is 6.67. The molecule has 0 aliphatic carbocycles. The summed E-state index contributed by atoms with van der Waals surface area (Å²) in [4.78, 5) is 35.4. The van der Waals surface area contributed by atoms with E-state index < -0.39 is 26.5 Å². The van der Waals surface area contributed by atoms with Crippen LogP contribution in [0, 0.1) is 6.92 Å². The van der Waals surface area contributed by atoms with Crippen LogP contribution in [0.15, 0.2) is 24.3 Å². The molecule has 0 saturated carbocycles. The van der Waals surface area contributed by atoms with Crippen molar-refractivity contribution >= 4 is 19.8 Å². The molecular weight excluding hydrogens is 663 g/mol. The summed E-state index contributed by atoms with van der Waals surface area (Å²) < 4.78 is 33.9. The van der Waals surface area contributed by atoms with Gasteiger partial charge in [0.15, 0.2) is 6.10 Å². The average molecular weight is 739 g/mol. The zero-order valence-corrected chi connectivity index (χ0v) is 33.7. The fourth-order valence-corrected chi connectivity index (χ4v) is 6.92. The molecule has 0 aromatic heterocycles. The lowest BCUT2D eigenvalue weighted by Gasteiger charge is -2.20. The number of phosphoric ester groups is 1. The number of phosphoric acid groups is 1. The number of carbonyl (C=O) groups excluding carboxylic acids is 2. The van der Waals surface area contributed by atoms with E-state index in [4.69, 9.17) is 18.5 Å². The maximum atomic E-state index is 12.7. The fourth-order valence-electron chi connectivity index (χ4n) is 6.13. The summed E-state index contributed by atoms with van der Waals surface area (Å²) in [5.74, 6) is -0.628. The molecule has 1 aromatic carbocycles. The van der Waals surface area contributed by atoms with Gasteiger partial charge < -0.3 is 14.0 Å². The SMILES string of the molecule is CCCCCCCCCCCCCCCC(=O)OC[C@H](COP(=O)(O)Oc1ccc(C)cc1)OC(=O)CCCCCCCCCCCCCCC. The number of ether oxygens (including phenoxy) is 2. The van der Waals surface area contributed by atoms with Crippen molar-refractivity contribution < 1.29 is 37.6 Å². The normalized spacial score (nSPS) is 13.1. The van der Waals surface area contributed by atoms with Crippen LogP contribution < -0.4 is 4.52 Å². The molecule has 0 aliphatic heterocycles. The molecule has 2 atom stereocenters. The van der Waals surface area contributed by atoms with Gasteiger partial charge in [-0.3, -0.25) is 19.0 Å². The van der Waals surface area contributed by atoms with E-state index in [-0.39, 0.29) is 31.2 Å². The Morgan fingerprint density at radius 2 is 0.941 bits per heavy atom. The smallest absolute Gasteiger partial charge is 0.462 e. The van der Waals surface area contributed by atoms with Crippen LogP contribution in [0.4, 0.5) is 0 Å². The molecule has 0 radical (unpaired) electrons. The maximum absolute atomic E-state index is 12.7. The molecule has 296 valence electrons. The molecule has 0 spiro atoms. The molecule has 1 aromatic rings. The van der Waals surface area contributed by atoms with Gasteiger partial charge in [-0.05, 0) is 31.9 Å². The number of benzene rings is 1. The second-order valence-corrected chi connectivity index (χ2v) is 15.8. The summed E-state index contributed by atoms with van der Waals surface area (Å²) in [7, 11) is -4.50. The first-order valence-corrected chi connectivity index (χ1v) is 22.3. The van der Waals surface area contributed by atoms with Crippen LogP contribution in [0.3, 0.4) is 0 Å². The number of hydrogen-bond acceptors (Lipinski definition) is 7. The molecule has 8 nitrogen and oxygen atoms in total. The van der Waals surface area contributed by atoms with E-state index in [9.17, 15) is 19.0 Å². The molecular formula is C42H75O8P. The van der Waals surface area contributed by atoms with E-state index in [1.165, 1.54) is 128 Å². The molecule has 0 aliphatic rings. The van der Waals surface area contributed by atoms with Gasteiger partial charge in [-0.15, -0.1) is 0 Å². The lowest BCUT2D eigenvalue weighted by Crippen LogP contribution is -2.29. The zero-order chi connectivity index (χ0) is 37.3. The Labute approximate surface area is 312 Å². The average Bonchev–Trinajstić information content (AvgIpc) is 3.11. The van der Waals surface area contributed by atoms with Gasteiger partial charge >= 0.3 is 19.8 Å². The van der Waals surface area contributed by atoms with E-state index in [0.29, 0.717) is 6.42 Å². The molecule has 1 rings (SSSR count). The Bertz CT molecular complexity index is 1010. The van der Waals surface area contributed by atoms with Crippen molar-refractivity contribution in [2.75, 3.05) is 13.2 Å². The van der Waals surface area contributed by atoms with E-state index in [0.717, 1.165) is 37.7 Å². The van der Waals surface area contributed by atoms with Crippen molar-refractivity contribution in [1.82, 2.24) is 0 Å². The number of aryl methyl sites for hydroxylation is 1. The first-order valence-electron chi connectivity index (χ1n) is 20.8. The minimum atomic E-state index is -4.50. The fraction of sp³-hybridized carbons (Fsp3) is 0.810. The van der Waals surface area contributed by atoms with Crippen LogP contribution in [0.1, 0.15) is 199 Å². The van der Waals surface area contributed by atoms with Crippen molar-refractivity contribution in [3.8, 4) is 5.75 Å². The van der Waals surface area contributed by atoms with Crippen LogP contribution in [0.5, 0.6) is 5.75 Å². The van der Waals surface area contributed by atoms with Crippen molar-refractivity contribution in [3.63, 3.8) is 0 Å². The summed E-state index contributed by atoms with van der Waals surface area (Å²) in [6.07, 6.45) is 31.2. The highest BCUT2D eigenvalue weighted by molar-refractivity contribution is 7.47. The molecule has 0 amide bonds. The largest absolute Gasteiger partial charge is 0.527 e. The predicted molar refractivity (Wildman–Crippen MR) is 209 cm³/mol. The van der Waals surface area contributed by atoms with E-state index in [2.05, 4.69) is 13.8 Å². The highest BCUT2D eigenvalue weighted by Crippen LogP contribution is 2.44. The number of rotatable bonds is 36. The van der Waals surface area contributed by atoms with Gasteiger partial charge in [-0.1, -0.05) is 186 Å². The highest BCUT2D eigenvalue weighted by Gasteiger charge is 2.27. The summed E-state index contributed by atoms with van der Waals surface area (Å²) >= 11 is 0. The molecule has 1 N–H and O–H groups in total. The molecule has 0 heterocycles. The van der Waals surface area contributed by atoms with Crippen LogP contribution in [-0.2, 0) is 28.2 Å². The van der Waals surface area contributed by atoms with Crippen molar-refractivity contribution in [1.29, 1.82) is 0 Å². The van der Waals surface area contributed by atoms with Crippen LogP contribution in [-0.4, -0.2) is 36.1 Å². The van der Waals surface area contributed by atoms with Crippen molar-refractivity contribution in [2.24, 2.45) is 0 Å². The van der Waals surface area contributed by atoms with E-state index in [1.807, 2.05) is 6.92 Å². The van der Waals surface area contributed by atoms with Gasteiger partial charge in [0.25, 0.3) is 0 Å². The molecule has 0 bridgehead atoms. The van der Waals surface area contributed by atoms with Gasteiger partial charge in [0.05, 0.1) is 0 Å². The minimum absolute atomic E-state index is 0.187. The second kappa shape index (κ2) is 32.7. The summed E-state index contributed by atoms with van der Waals surface area (Å²) in [5, 5.41) is 0. The quantitative estimate of drug-likeness (QED) is 0.0412. The third-order valence-electron chi connectivity index (χ3n) is 9.36. The molecule has 51 heavy (non-hydrogen) atoms. The van der Waals surface area contributed by atoms with E-state index >= 15 is 0 Å². The van der Waals surface area contributed by atoms with E-state index in [1.54, 1.807) is 24.3 Å². The number of carbonyl (C=O) groups is 2. The third-order valence-corrected chi connectivity index (χ3v) is 10.3. The highest BCUT2D eigenvalue weighted by atomic mass is 31.2. The Kier molecular flexibility index (Phi) is 30.3. The second-order valence-electron chi connectivity index (χ2n) is 14.4. The zero-order valence-electron chi connectivity index (χ0n) is 32.9. The van der Waals surface area contributed by atoms with Crippen molar-refractivity contribution in [3.05, 3.63) is 29.8 Å². The maximum Gasteiger partial charge on any atom is 0.527 e. The summed E-state index contributed by atoms with van der Waals surface area (Å²) in [5.41, 5.74) is 0.979. The van der Waals surface area contributed by atoms with Gasteiger partial charge in [-0.25, -0.2) is 4.57 Å². The van der Waals surface area contributed by atoms with Gasteiger partial charge in [0.1, 0.15) is 19.0 Å². The molecule has 1 unspecified atom stereocenters. The standard InChI is InChI=1S/C42H75O8P/c1-4-6-8-10-12-14-16-18-20-22-24-26-28-30-41(43)47-36-40(37-48-51(45,46)50-39-34-32-38(3)33-35-39)49-42(44)31-29-27-25-23-21-19-17-15-13-11-9-7-5-2/h32-35,40H,4-31,36-37H2,1-3H3,(H,45,46)/t40-/m1/s1. The Morgan fingerprint density at radius 1 is 0.569 bits per heavy atom. The molecule has 0 fully saturated rings. The third kappa shape index (κ3) is 30.3. The van der Waals surface area contributed by atoms with Crippen molar-refractivity contribution in [2.45, 2.75) is 207 Å². The predicted octanol–water partition coefficient (Wildman–Crippen LogP) is 12.9. The first kappa shape index (κ1) is 47.1. The Hall–Kier alpha value is -1.89. The molecule has 9 heteroatoms. The number of hydrogen-bond donors (Lipinski definition) is 1. The number of unbranched alkanes of at least 4 members (excludes halogenated alkanes) is 24. The Morgan fingerprint density at radius 3 is 1.35 bits per heavy atom. The van der Waals surface area contributed by atoms with Gasteiger partial charge in [0, 0.05) is 12.8 Å². The number of esters is 2. The van der Waals surface area contributed by atoms with Crippen LogP contribution >= 0.6 is 7.82 Å². The van der Waals surface area contributed by atoms with Crippen LogP contribution in [0.25, 0.3) is 0 Å². The van der Waals surface area contributed by atoms with Gasteiger partial charge in [-0.2, -0.15) is 0 Å². The van der Waals surface area contributed by atoms with Crippen LogP contribution in [0.2, 0.25) is 0 Å². The lowest BCUT2D eigenvalue weighted by atomic mass is 10.0. The lowest BCUT2D eigenvalue weighted by molar-refractivity contribution is -0.161. The molecule has 0 saturated heterocycles.